The average molecular weight is 307 g/mol. The second-order valence-corrected chi connectivity index (χ2v) is 8.02. The number of H-pyrrole nitrogens is 1. The third kappa shape index (κ3) is 1.88. The highest BCUT2D eigenvalue weighted by atomic mass is 32.2. The van der Waals surface area contributed by atoms with Crippen molar-refractivity contribution in [1.82, 2.24) is 9.29 Å². The minimum absolute atomic E-state index is 0.196. The molecular weight excluding hydrogens is 290 g/mol. The second kappa shape index (κ2) is 4.00. The Bertz CT molecular complexity index is 817. The average Bonchev–Trinajstić information content (AvgIpc) is 3.15. The predicted octanol–water partition coefficient (Wildman–Crippen LogP) is 0.895. The molecule has 2 aliphatic rings. The fraction of sp³-hybridized carbons (Fsp3) is 0.429. The van der Waals surface area contributed by atoms with Gasteiger partial charge >= 0.3 is 0 Å². The largest absolute Gasteiger partial charge is 0.399 e. The zero-order valence-electron chi connectivity index (χ0n) is 11.4. The topological polar surface area (TPSA) is 99.4 Å². The highest BCUT2D eigenvalue weighted by molar-refractivity contribution is 7.89. The summed E-state index contributed by atoms with van der Waals surface area (Å²) < 4.78 is 26.7. The van der Waals surface area contributed by atoms with Crippen molar-refractivity contribution in [3.8, 4) is 0 Å². The van der Waals surface area contributed by atoms with Crippen molar-refractivity contribution in [2.75, 3.05) is 18.8 Å². The monoisotopic (exact) mass is 307 g/mol. The van der Waals surface area contributed by atoms with E-state index in [1.165, 1.54) is 10.5 Å². The molecule has 0 amide bonds. The first-order chi connectivity index (χ1) is 9.90. The number of nitrogens with two attached hydrogens (primary N) is 1. The summed E-state index contributed by atoms with van der Waals surface area (Å²) in [6.45, 7) is 0.392. The van der Waals surface area contributed by atoms with E-state index in [4.69, 9.17) is 5.73 Å². The molecule has 4 N–H and O–H groups in total. The summed E-state index contributed by atoms with van der Waals surface area (Å²) in [6, 6.07) is 5.11. The molecule has 1 aromatic carbocycles. The first-order valence-electron chi connectivity index (χ1n) is 6.99. The number of nitrogens with one attached hydrogen (secondary N) is 1. The lowest BCUT2D eigenvalue weighted by molar-refractivity contribution is -0.0764. The molecule has 0 unspecified atom stereocenters. The number of benzene rings is 1. The number of fused-ring (bicyclic) bond motifs is 1. The number of hydrogen-bond acceptors (Lipinski definition) is 4. The lowest BCUT2D eigenvalue weighted by Gasteiger charge is -2.45. The van der Waals surface area contributed by atoms with Gasteiger partial charge in [0.15, 0.2) is 0 Å². The van der Waals surface area contributed by atoms with Crippen LogP contribution in [0, 0.1) is 5.92 Å². The SMILES string of the molecule is Nc1ccc2c(S(=O)(=O)N3CC(O)(C4CC4)C3)c[nH]c2c1. The van der Waals surface area contributed by atoms with Crippen molar-refractivity contribution in [3.63, 3.8) is 0 Å². The van der Waals surface area contributed by atoms with Gasteiger partial charge in [0.25, 0.3) is 0 Å². The Balaban J connectivity index is 1.68. The Hall–Kier alpha value is -1.57. The van der Waals surface area contributed by atoms with Gasteiger partial charge in [0.2, 0.25) is 10.0 Å². The number of nitrogen functional groups attached to an aromatic ring is 1. The molecule has 21 heavy (non-hydrogen) atoms. The highest BCUT2D eigenvalue weighted by Gasteiger charge is 2.55. The van der Waals surface area contributed by atoms with Crippen LogP contribution in [0.3, 0.4) is 0 Å². The molecule has 0 spiro atoms. The number of β-amino-alcohol motifs (C(OH)–C–C–N with tert-alkyl or cyclic N) is 1. The first-order valence-corrected chi connectivity index (χ1v) is 8.43. The maximum atomic E-state index is 12.7. The molecule has 112 valence electrons. The molecule has 1 aromatic heterocycles. The number of anilines is 1. The van der Waals surface area contributed by atoms with Gasteiger partial charge in [-0.25, -0.2) is 8.42 Å². The summed E-state index contributed by atoms with van der Waals surface area (Å²) in [7, 11) is -3.57. The van der Waals surface area contributed by atoms with E-state index in [9.17, 15) is 13.5 Å². The van der Waals surface area contributed by atoms with E-state index in [0.717, 1.165) is 12.8 Å². The molecule has 0 bridgehead atoms. The van der Waals surface area contributed by atoms with Crippen molar-refractivity contribution in [3.05, 3.63) is 24.4 Å². The number of hydrogen-bond donors (Lipinski definition) is 3. The van der Waals surface area contributed by atoms with Gasteiger partial charge in [-0.1, -0.05) is 0 Å². The Morgan fingerprint density at radius 2 is 2.05 bits per heavy atom. The van der Waals surface area contributed by atoms with Crippen LogP contribution in [-0.2, 0) is 10.0 Å². The minimum atomic E-state index is -3.57. The molecule has 0 radical (unpaired) electrons. The normalized spacial score (nSPS) is 22.3. The van der Waals surface area contributed by atoms with Crippen LogP contribution in [0.4, 0.5) is 5.69 Å². The number of aromatic nitrogens is 1. The van der Waals surface area contributed by atoms with Crippen LogP contribution >= 0.6 is 0 Å². The number of aliphatic hydroxyl groups is 1. The summed E-state index contributed by atoms with van der Waals surface area (Å²) in [5.74, 6) is 0.270. The summed E-state index contributed by atoms with van der Waals surface area (Å²) in [4.78, 5) is 3.19. The van der Waals surface area contributed by atoms with Crippen LogP contribution in [0.25, 0.3) is 10.9 Å². The third-order valence-corrected chi connectivity index (χ3v) is 6.35. The van der Waals surface area contributed by atoms with Gasteiger partial charge in [0, 0.05) is 35.9 Å². The van der Waals surface area contributed by atoms with Crippen LogP contribution in [-0.4, -0.2) is 41.5 Å². The second-order valence-electron chi connectivity index (χ2n) is 6.11. The Morgan fingerprint density at radius 1 is 1.33 bits per heavy atom. The number of nitrogens with zero attached hydrogens (tertiary/aromatic N) is 1. The fourth-order valence-electron chi connectivity index (χ4n) is 3.08. The Kier molecular flexibility index (Phi) is 2.50. The summed E-state index contributed by atoms with van der Waals surface area (Å²) in [5.41, 5.74) is 6.17. The van der Waals surface area contributed by atoms with Gasteiger partial charge in [-0.3, -0.25) is 0 Å². The molecular formula is C14H17N3O3S. The zero-order valence-corrected chi connectivity index (χ0v) is 12.2. The van der Waals surface area contributed by atoms with E-state index in [0.29, 0.717) is 16.6 Å². The van der Waals surface area contributed by atoms with Crippen LogP contribution < -0.4 is 5.73 Å². The van der Waals surface area contributed by atoms with Crippen LogP contribution in [0.15, 0.2) is 29.3 Å². The number of sulfonamides is 1. The molecule has 2 heterocycles. The molecule has 2 aromatic rings. The first kappa shape index (κ1) is 13.1. The molecule has 6 nitrogen and oxygen atoms in total. The molecule has 1 saturated carbocycles. The van der Waals surface area contributed by atoms with Crippen LogP contribution in [0.5, 0.6) is 0 Å². The summed E-state index contributed by atoms with van der Waals surface area (Å²) >= 11 is 0. The van der Waals surface area contributed by atoms with Gasteiger partial charge in [0.05, 0.1) is 5.60 Å². The van der Waals surface area contributed by atoms with Crippen molar-refractivity contribution >= 4 is 26.6 Å². The summed E-state index contributed by atoms with van der Waals surface area (Å²) in [6.07, 6.45) is 3.49. The number of rotatable bonds is 3. The molecule has 2 fully saturated rings. The maximum absolute atomic E-state index is 12.7. The van der Waals surface area contributed by atoms with Gasteiger partial charge in [-0.2, -0.15) is 4.31 Å². The van der Waals surface area contributed by atoms with E-state index >= 15 is 0 Å². The quantitative estimate of drug-likeness (QED) is 0.733. The minimum Gasteiger partial charge on any atom is -0.399 e. The Labute approximate surface area is 122 Å². The van der Waals surface area contributed by atoms with Crippen molar-refractivity contribution in [2.24, 2.45) is 5.92 Å². The van der Waals surface area contributed by atoms with E-state index in [1.807, 2.05) is 0 Å². The maximum Gasteiger partial charge on any atom is 0.245 e. The van der Waals surface area contributed by atoms with Gasteiger partial charge in [-0.05, 0) is 37.0 Å². The van der Waals surface area contributed by atoms with E-state index in [-0.39, 0.29) is 23.9 Å². The van der Waals surface area contributed by atoms with Crippen molar-refractivity contribution < 1.29 is 13.5 Å². The smallest absolute Gasteiger partial charge is 0.245 e. The lowest BCUT2D eigenvalue weighted by atomic mass is 9.91. The number of aromatic amines is 1. The van der Waals surface area contributed by atoms with Gasteiger partial charge in [-0.15, -0.1) is 0 Å². The van der Waals surface area contributed by atoms with Crippen molar-refractivity contribution in [2.45, 2.75) is 23.3 Å². The molecule has 1 aliphatic carbocycles. The lowest BCUT2D eigenvalue weighted by Crippen LogP contribution is -2.64. The van der Waals surface area contributed by atoms with Gasteiger partial charge in [0.1, 0.15) is 4.90 Å². The Morgan fingerprint density at radius 3 is 2.71 bits per heavy atom. The predicted molar refractivity (Wildman–Crippen MR) is 79.1 cm³/mol. The van der Waals surface area contributed by atoms with Crippen LogP contribution in [0.2, 0.25) is 0 Å². The van der Waals surface area contributed by atoms with Crippen LogP contribution in [0.1, 0.15) is 12.8 Å². The molecule has 7 heteroatoms. The van der Waals surface area contributed by atoms with E-state index < -0.39 is 15.6 Å². The molecule has 4 rings (SSSR count). The molecule has 1 aliphatic heterocycles. The fourth-order valence-corrected chi connectivity index (χ4v) is 4.81. The summed E-state index contributed by atoms with van der Waals surface area (Å²) in [5, 5.41) is 10.9. The highest BCUT2D eigenvalue weighted by Crippen LogP contribution is 2.46. The molecule has 1 saturated heterocycles. The van der Waals surface area contributed by atoms with E-state index in [2.05, 4.69) is 4.98 Å². The van der Waals surface area contributed by atoms with E-state index in [1.54, 1.807) is 18.2 Å². The zero-order chi connectivity index (χ0) is 14.8. The molecule has 0 atom stereocenters. The van der Waals surface area contributed by atoms with Crippen molar-refractivity contribution in [1.29, 1.82) is 0 Å². The van der Waals surface area contributed by atoms with Gasteiger partial charge < -0.3 is 15.8 Å². The third-order valence-electron chi connectivity index (χ3n) is 4.52. The standard InChI is InChI=1S/C14H17N3O3S/c15-10-3-4-11-12(5-10)16-6-13(11)21(19,20)17-7-14(18,8-17)9-1-2-9/h3-6,9,16,18H,1-2,7-8,15H2.